The Balaban J connectivity index is 2.40. The summed E-state index contributed by atoms with van der Waals surface area (Å²) in [5.74, 6) is 0.546. The number of nitrogens with zero attached hydrogens (tertiary/aromatic N) is 1. The molecular weight excluding hydrogens is 388 g/mol. The zero-order valence-corrected chi connectivity index (χ0v) is 14.5. The number of halogens is 2. The van der Waals surface area contributed by atoms with Crippen molar-refractivity contribution in [1.29, 1.82) is 0 Å². The van der Waals surface area contributed by atoms with Gasteiger partial charge in [-0.2, -0.15) is 0 Å². The van der Waals surface area contributed by atoms with Gasteiger partial charge < -0.3 is 4.74 Å². The third kappa shape index (κ3) is 3.25. The minimum absolute atomic E-state index is 0.0946. The van der Waals surface area contributed by atoms with E-state index in [4.69, 9.17) is 16.3 Å². The molecule has 1 N–H and O–H groups in total. The molecule has 0 fully saturated rings. The summed E-state index contributed by atoms with van der Waals surface area (Å²) in [5.41, 5.74) is 0.750. The molecule has 0 saturated heterocycles. The number of aromatic nitrogens is 1. The molecule has 0 unspecified atom stereocenters. The highest BCUT2D eigenvalue weighted by Gasteiger charge is 2.22. The van der Waals surface area contributed by atoms with Crippen LogP contribution in [-0.2, 0) is 10.0 Å². The van der Waals surface area contributed by atoms with E-state index in [2.05, 4.69) is 25.6 Å². The van der Waals surface area contributed by atoms with Crippen molar-refractivity contribution in [3.63, 3.8) is 0 Å². The molecule has 20 heavy (non-hydrogen) atoms. The number of hydrogen-bond acceptors (Lipinski definition) is 5. The van der Waals surface area contributed by atoms with Gasteiger partial charge in [0.2, 0.25) is 0 Å². The highest BCUT2D eigenvalue weighted by molar-refractivity contribution is 9.10. The maximum atomic E-state index is 12.3. The van der Waals surface area contributed by atoms with Gasteiger partial charge in [-0.15, -0.1) is 0 Å². The van der Waals surface area contributed by atoms with Crippen LogP contribution >= 0.6 is 38.9 Å². The van der Waals surface area contributed by atoms with E-state index in [0.717, 1.165) is 11.3 Å². The second-order valence-electron chi connectivity index (χ2n) is 3.79. The number of sulfonamides is 1. The maximum Gasteiger partial charge on any atom is 0.273 e. The Morgan fingerprint density at radius 2 is 2.15 bits per heavy atom. The molecule has 9 heteroatoms. The third-order valence-electron chi connectivity index (χ3n) is 2.39. The van der Waals surface area contributed by atoms with Gasteiger partial charge in [0.1, 0.15) is 5.75 Å². The molecule has 0 spiro atoms. The van der Waals surface area contributed by atoms with Crippen LogP contribution in [0.4, 0.5) is 5.69 Å². The van der Waals surface area contributed by atoms with Crippen molar-refractivity contribution >= 4 is 54.6 Å². The second-order valence-corrected chi connectivity index (χ2v) is 8.10. The van der Waals surface area contributed by atoms with Crippen LogP contribution < -0.4 is 9.46 Å². The molecule has 5 nitrogen and oxygen atoms in total. The lowest BCUT2D eigenvalue weighted by atomic mass is 10.3. The van der Waals surface area contributed by atoms with Gasteiger partial charge in [0.25, 0.3) is 10.0 Å². The van der Waals surface area contributed by atoms with E-state index in [1.165, 1.54) is 7.11 Å². The van der Waals surface area contributed by atoms with Crippen molar-refractivity contribution in [3.8, 4) is 5.75 Å². The van der Waals surface area contributed by atoms with Gasteiger partial charge in [-0.3, -0.25) is 4.72 Å². The van der Waals surface area contributed by atoms with Crippen LogP contribution in [0.2, 0.25) is 4.47 Å². The summed E-state index contributed by atoms with van der Waals surface area (Å²) >= 11 is 9.94. The summed E-state index contributed by atoms with van der Waals surface area (Å²) in [6.07, 6.45) is 0. The first-order valence-electron chi connectivity index (χ1n) is 5.33. The number of hydrogen-bond donors (Lipinski definition) is 1. The average Bonchev–Trinajstić information content (AvgIpc) is 2.72. The molecule has 0 radical (unpaired) electrons. The van der Waals surface area contributed by atoms with Gasteiger partial charge in [-0.05, 0) is 35.0 Å². The number of ether oxygens (including phenoxy) is 1. The second kappa shape index (κ2) is 5.88. The smallest absolute Gasteiger partial charge is 0.273 e. The Morgan fingerprint density at radius 3 is 2.70 bits per heavy atom. The van der Waals surface area contributed by atoms with Crippen LogP contribution in [0, 0.1) is 6.92 Å². The standard InChI is InChI=1S/C11H10BrClN2O3S2/c1-6-10(19-11(13)14-6)20(16,17)15-9-5-7(18-2)3-4-8(9)12/h3-5,15H,1-2H3. The maximum absolute atomic E-state index is 12.3. The SMILES string of the molecule is COc1ccc(Br)c(NS(=O)(=O)c2sc(Cl)nc2C)c1. The molecule has 0 amide bonds. The van der Waals surface area contributed by atoms with E-state index in [1.807, 2.05) is 0 Å². The third-order valence-corrected chi connectivity index (χ3v) is 6.32. The predicted octanol–water partition coefficient (Wildman–Crippen LogP) is 3.68. The fraction of sp³-hybridized carbons (Fsp3) is 0.182. The van der Waals surface area contributed by atoms with E-state index < -0.39 is 10.0 Å². The van der Waals surface area contributed by atoms with Gasteiger partial charge in [0.05, 0.1) is 18.5 Å². The number of benzene rings is 1. The normalized spacial score (nSPS) is 11.4. The molecule has 0 aliphatic heterocycles. The van der Waals surface area contributed by atoms with E-state index in [0.29, 0.717) is 21.6 Å². The molecule has 0 aliphatic rings. The first kappa shape index (κ1) is 15.6. The summed E-state index contributed by atoms with van der Waals surface area (Å²) < 4.78 is 33.1. The van der Waals surface area contributed by atoms with E-state index >= 15 is 0 Å². The van der Waals surface area contributed by atoms with Crippen LogP contribution in [0.5, 0.6) is 5.75 Å². The Bertz CT molecular complexity index is 746. The zero-order chi connectivity index (χ0) is 14.9. The van der Waals surface area contributed by atoms with Gasteiger partial charge in [-0.1, -0.05) is 22.9 Å². The Labute approximate surface area is 134 Å². The quantitative estimate of drug-likeness (QED) is 0.854. The van der Waals surface area contributed by atoms with Crippen LogP contribution in [0.15, 0.2) is 26.9 Å². The summed E-state index contributed by atoms with van der Waals surface area (Å²) in [6.45, 7) is 1.59. The Hall–Kier alpha value is -0.830. The molecule has 0 aliphatic carbocycles. The van der Waals surface area contributed by atoms with Crippen LogP contribution in [0.25, 0.3) is 0 Å². The van der Waals surface area contributed by atoms with Gasteiger partial charge >= 0.3 is 0 Å². The molecular formula is C11H10BrClN2O3S2. The minimum atomic E-state index is -3.73. The first-order chi connectivity index (χ1) is 9.33. The van der Waals surface area contributed by atoms with Gasteiger partial charge in [0.15, 0.2) is 8.68 Å². The van der Waals surface area contributed by atoms with E-state index in [9.17, 15) is 8.42 Å². The van der Waals surface area contributed by atoms with Crippen molar-refractivity contribution in [2.75, 3.05) is 11.8 Å². The number of rotatable bonds is 4. The fourth-order valence-electron chi connectivity index (χ4n) is 1.50. The van der Waals surface area contributed by atoms with Crippen molar-refractivity contribution < 1.29 is 13.2 Å². The van der Waals surface area contributed by atoms with Crippen molar-refractivity contribution in [1.82, 2.24) is 4.98 Å². The van der Waals surface area contributed by atoms with E-state index in [1.54, 1.807) is 25.1 Å². The van der Waals surface area contributed by atoms with Crippen LogP contribution in [0.1, 0.15) is 5.69 Å². The number of anilines is 1. The zero-order valence-electron chi connectivity index (χ0n) is 10.5. The summed E-state index contributed by atoms with van der Waals surface area (Å²) in [7, 11) is -2.23. The highest BCUT2D eigenvalue weighted by atomic mass is 79.9. The fourth-order valence-corrected chi connectivity index (χ4v) is 4.79. The van der Waals surface area contributed by atoms with Crippen molar-refractivity contribution in [2.24, 2.45) is 0 Å². The number of nitrogens with one attached hydrogen (secondary N) is 1. The number of thiazole rings is 1. The summed E-state index contributed by atoms with van der Waals surface area (Å²) in [4.78, 5) is 3.90. The molecule has 0 saturated carbocycles. The predicted molar refractivity (Wildman–Crippen MR) is 83.4 cm³/mol. The molecule has 1 heterocycles. The Morgan fingerprint density at radius 1 is 1.45 bits per heavy atom. The summed E-state index contributed by atoms with van der Waals surface area (Å²) in [5, 5.41) is 0. The van der Waals surface area contributed by atoms with Gasteiger partial charge in [0, 0.05) is 10.5 Å². The molecule has 1 aromatic heterocycles. The molecule has 2 rings (SSSR count). The lowest BCUT2D eigenvalue weighted by Crippen LogP contribution is -2.13. The molecule has 2 aromatic rings. The number of aryl methyl sites for hydroxylation is 1. The number of methoxy groups -OCH3 is 1. The molecule has 108 valence electrons. The Kier molecular flexibility index (Phi) is 4.58. The van der Waals surface area contributed by atoms with Crippen LogP contribution in [-0.4, -0.2) is 20.5 Å². The lowest BCUT2D eigenvalue weighted by Gasteiger charge is -2.10. The monoisotopic (exact) mass is 396 g/mol. The minimum Gasteiger partial charge on any atom is -0.497 e. The molecule has 0 bridgehead atoms. The topological polar surface area (TPSA) is 68.3 Å². The van der Waals surface area contributed by atoms with E-state index in [-0.39, 0.29) is 8.68 Å². The van der Waals surface area contributed by atoms with Crippen molar-refractivity contribution in [2.45, 2.75) is 11.1 Å². The lowest BCUT2D eigenvalue weighted by molar-refractivity contribution is 0.415. The van der Waals surface area contributed by atoms with Gasteiger partial charge in [-0.25, -0.2) is 13.4 Å². The molecule has 0 atom stereocenters. The largest absolute Gasteiger partial charge is 0.497 e. The average molecular weight is 398 g/mol. The van der Waals surface area contributed by atoms with Crippen LogP contribution in [0.3, 0.4) is 0 Å². The molecule has 1 aromatic carbocycles. The highest BCUT2D eigenvalue weighted by Crippen LogP contribution is 2.32. The van der Waals surface area contributed by atoms with Crippen molar-refractivity contribution in [3.05, 3.63) is 32.8 Å². The summed E-state index contributed by atoms with van der Waals surface area (Å²) in [6, 6.07) is 5.00. The first-order valence-corrected chi connectivity index (χ1v) is 8.80.